The number of carbonyl (C=O) groups excluding carboxylic acids is 1. The van der Waals surface area contributed by atoms with Crippen molar-refractivity contribution in [2.45, 2.75) is 6.54 Å². The molecule has 0 saturated carbocycles. The molecule has 25 heavy (non-hydrogen) atoms. The molecular formula is C19H15N3OS2. The Hall–Kier alpha value is -2.70. The summed E-state index contributed by atoms with van der Waals surface area (Å²) < 4.78 is 1.76. The zero-order valence-electron chi connectivity index (χ0n) is 13.3. The average molecular weight is 365 g/mol. The van der Waals surface area contributed by atoms with E-state index < -0.39 is 0 Å². The molecule has 0 spiro atoms. The second-order valence-corrected chi connectivity index (χ2v) is 7.39. The van der Waals surface area contributed by atoms with Crippen LogP contribution in [-0.4, -0.2) is 15.7 Å². The highest BCUT2D eigenvalue weighted by Crippen LogP contribution is 2.27. The third-order valence-corrected chi connectivity index (χ3v) is 5.49. The molecule has 3 aromatic heterocycles. The van der Waals surface area contributed by atoms with Gasteiger partial charge in [-0.1, -0.05) is 30.3 Å². The third kappa shape index (κ3) is 3.40. The number of thiophene rings is 2. The van der Waals surface area contributed by atoms with Gasteiger partial charge < -0.3 is 5.32 Å². The largest absolute Gasteiger partial charge is 0.347 e. The summed E-state index contributed by atoms with van der Waals surface area (Å²) in [6.07, 6.45) is 1.80. The van der Waals surface area contributed by atoms with E-state index in [2.05, 4.69) is 10.4 Å². The van der Waals surface area contributed by atoms with Crippen LogP contribution in [0.2, 0.25) is 0 Å². The van der Waals surface area contributed by atoms with E-state index in [0.717, 1.165) is 15.4 Å². The van der Waals surface area contributed by atoms with Gasteiger partial charge in [0.2, 0.25) is 0 Å². The maximum absolute atomic E-state index is 12.7. The summed E-state index contributed by atoms with van der Waals surface area (Å²) in [4.78, 5) is 14.9. The molecule has 0 fully saturated rings. The van der Waals surface area contributed by atoms with E-state index in [1.54, 1.807) is 33.6 Å². The summed E-state index contributed by atoms with van der Waals surface area (Å²) in [5, 5.41) is 11.6. The minimum Gasteiger partial charge on any atom is -0.347 e. The number of benzene rings is 1. The molecule has 4 nitrogen and oxygen atoms in total. The van der Waals surface area contributed by atoms with Crippen LogP contribution in [0.25, 0.3) is 16.3 Å². The number of nitrogens with one attached hydrogen (secondary N) is 1. The fourth-order valence-electron chi connectivity index (χ4n) is 2.52. The van der Waals surface area contributed by atoms with Gasteiger partial charge in [0.05, 0.1) is 22.7 Å². The van der Waals surface area contributed by atoms with E-state index in [1.807, 2.05) is 65.4 Å². The van der Waals surface area contributed by atoms with Gasteiger partial charge >= 0.3 is 0 Å². The molecule has 0 atom stereocenters. The first-order valence-electron chi connectivity index (χ1n) is 7.81. The first kappa shape index (κ1) is 15.8. The minimum absolute atomic E-state index is 0.112. The maximum atomic E-state index is 12.7. The number of nitrogens with zero attached hydrogens (tertiary/aromatic N) is 2. The molecule has 0 bridgehead atoms. The minimum atomic E-state index is -0.112. The molecule has 0 aliphatic carbocycles. The summed E-state index contributed by atoms with van der Waals surface area (Å²) in [5.41, 5.74) is 2.23. The van der Waals surface area contributed by atoms with Crippen LogP contribution in [0.1, 0.15) is 15.2 Å². The lowest BCUT2D eigenvalue weighted by atomic mass is 10.2. The average Bonchev–Trinajstić information content (AvgIpc) is 3.41. The molecule has 1 N–H and O–H groups in total. The molecule has 4 aromatic rings. The van der Waals surface area contributed by atoms with Crippen LogP contribution in [0.3, 0.4) is 0 Å². The number of amides is 1. The van der Waals surface area contributed by atoms with Crippen molar-refractivity contribution in [2.75, 3.05) is 0 Å². The first-order valence-corrected chi connectivity index (χ1v) is 9.57. The second kappa shape index (κ2) is 7.04. The number of hydrogen-bond acceptors (Lipinski definition) is 4. The van der Waals surface area contributed by atoms with Crippen molar-refractivity contribution in [3.63, 3.8) is 0 Å². The van der Waals surface area contributed by atoms with Crippen LogP contribution in [0.4, 0.5) is 0 Å². The lowest BCUT2D eigenvalue weighted by Crippen LogP contribution is -2.22. The Morgan fingerprint density at radius 1 is 1.00 bits per heavy atom. The van der Waals surface area contributed by atoms with Gasteiger partial charge in [-0.05, 0) is 35.0 Å². The van der Waals surface area contributed by atoms with E-state index in [1.165, 1.54) is 0 Å². The van der Waals surface area contributed by atoms with Gasteiger partial charge in [-0.3, -0.25) is 4.79 Å². The Morgan fingerprint density at radius 3 is 2.52 bits per heavy atom. The molecule has 1 amide bonds. The quantitative estimate of drug-likeness (QED) is 0.562. The number of para-hydroxylation sites is 1. The van der Waals surface area contributed by atoms with Gasteiger partial charge in [-0.15, -0.1) is 22.7 Å². The van der Waals surface area contributed by atoms with E-state index in [0.29, 0.717) is 17.8 Å². The second-order valence-electron chi connectivity index (χ2n) is 5.41. The van der Waals surface area contributed by atoms with Gasteiger partial charge in [0, 0.05) is 11.1 Å². The molecule has 0 aliphatic heterocycles. The van der Waals surface area contributed by atoms with Crippen LogP contribution in [0.5, 0.6) is 0 Å². The van der Waals surface area contributed by atoms with Gasteiger partial charge in [-0.25, -0.2) is 4.68 Å². The number of carbonyl (C=O) groups is 1. The normalized spacial score (nSPS) is 10.7. The van der Waals surface area contributed by atoms with Crippen molar-refractivity contribution in [1.82, 2.24) is 15.1 Å². The van der Waals surface area contributed by atoms with E-state index in [-0.39, 0.29) is 5.91 Å². The number of hydrogen-bond donors (Lipinski definition) is 1. The summed E-state index contributed by atoms with van der Waals surface area (Å²) >= 11 is 3.21. The Morgan fingerprint density at radius 2 is 1.80 bits per heavy atom. The molecule has 3 heterocycles. The Balaban J connectivity index is 1.67. The van der Waals surface area contributed by atoms with Crippen molar-refractivity contribution in [3.05, 3.63) is 82.0 Å². The van der Waals surface area contributed by atoms with E-state index in [4.69, 9.17) is 0 Å². The predicted octanol–water partition coefficient (Wildman–Crippen LogP) is 4.59. The lowest BCUT2D eigenvalue weighted by molar-refractivity contribution is 0.0952. The standard InChI is InChI=1S/C19H15N3OS2/c23-19(20-12-15-8-4-10-24-15)16-13-22(14-6-2-1-3-7-14)21-18(16)17-9-5-11-25-17/h1-11,13H,12H2,(H,20,23). The fraction of sp³-hybridized carbons (Fsp3) is 0.0526. The number of aromatic nitrogens is 2. The van der Waals surface area contributed by atoms with Crippen molar-refractivity contribution in [2.24, 2.45) is 0 Å². The summed E-state index contributed by atoms with van der Waals surface area (Å²) in [7, 11) is 0. The maximum Gasteiger partial charge on any atom is 0.255 e. The van der Waals surface area contributed by atoms with Crippen molar-refractivity contribution in [3.8, 4) is 16.3 Å². The molecule has 124 valence electrons. The molecule has 4 rings (SSSR count). The highest BCUT2D eigenvalue weighted by molar-refractivity contribution is 7.13. The smallest absolute Gasteiger partial charge is 0.255 e. The van der Waals surface area contributed by atoms with Crippen LogP contribution < -0.4 is 5.32 Å². The summed E-state index contributed by atoms with van der Waals surface area (Å²) in [5.74, 6) is -0.112. The van der Waals surface area contributed by atoms with Crippen molar-refractivity contribution < 1.29 is 4.79 Å². The predicted molar refractivity (Wildman–Crippen MR) is 102 cm³/mol. The zero-order valence-corrected chi connectivity index (χ0v) is 14.9. The van der Waals surface area contributed by atoms with Gasteiger partial charge in [-0.2, -0.15) is 5.10 Å². The first-order chi connectivity index (χ1) is 12.3. The molecule has 0 saturated heterocycles. The molecule has 0 unspecified atom stereocenters. The van der Waals surface area contributed by atoms with Gasteiger partial charge in [0.25, 0.3) is 5.91 Å². The molecule has 1 aromatic carbocycles. The molecule has 0 aliphatic rings. The summed E-state index contributed by atoms with van der Waals surface area (Å²) in [6, 6.07) is 17.8. The SMILES string of the molecule is O=C(NCc1cccs1)c1cn(-c2ccccc2)nc1-c1cccs1. The third-order valence-electron chi connectivity index (χ3n) is 3.74. The van der Waals surface area contributed by atoms with E-state index >= 15 is 0 Å². The van der Waals surface area contributed by atoms with Crippen molar-refractivity contribution >= 4 is 28.6 Å². The highest BCUT2D eigenvalue weighted by atomic mass is 32.1. The Labute approximate surface area is 153 Å². The van der Waals surface area contributed by atoms with Crippen LogP contribution in [-0.2, 0) is 6.54 Å². The number of rotatable bonds is 5. The van der Waals surface area contributed by atoms with Gasteiger partial charge in [0.15, 0.2) is 0 Å². The Kier molecular flexibility index (Phi) is 4.45. The van der Waals surface area contributed by atoms with Crippen LogP contribution in [0, 0.1) is 0 Å². The lowest BCUT2D eigenvalue weighted by Gasteiger charge is -2.03. The Bertz CT molecular complexity index is 958. The summed E-state index contributed by atoms with van der Waals surface area (Å²) in [6.45, 7) is 0.525. The monoisotopic (exact) mass is 365 g/mol. The highest BCUT2D eigenvalue weighted by Gasteiger charge is 2.19. The topological polar surface area (TPSA) is 46.9 Å². The van der Waals surface area contributed by atoms with Crippen LogP contribution >= 0.6 is 22.7 Å². The van der Waals surface area contributed by atoms with E-state index in [9.17, 15) is 4.79 Å². The molecule has 0 radical (unpaired) electrons. The fourth-order valence-corrected chi connectivity index (χ4v) is 3.89. The molecule has 6 heteroatoms. The van der Waals surface area contributed by atoms with Crippen molar-refractivity contribution in [1.29, 1.82) is 0 Å². The van der Waals surface area contributed by atoms with Gasteiger partial charge in [0.1, 0.15) is 5.69 Å². The van der Waals surface area contributed by atoms with Crippen LogP contribution in [0.15, 0.2) is 71.6 Å². The molecular weight excluding hydrogens is 350 g/mol. The zero-order chi connectivity index (χ0) is 17.1.